The second-order valence-corrected chi connectivity index (χ2v) is 3.22. The third kappa shape index (κ3) is 4.73. The average Bonchev–Trinajstić information content (AvgIpc) is 2.33. The van der Waals surface area contributed by atoms with Crippen LogP contribution in [0.25, 0.3) is 0 Å². The van der Waals surface area contributed by atoms with Crippen LogP contribution in [0.2, 0.25) is 0 Å². The van der Waals surface area contributed by atoms with E-state index in [4.69, 9.17) is 0 Å². The van der Waals surface area contributed by atoms with E-state index < -0.39 is 0 Å². The van der Waals surface area contributed by atoms with Gasteiger partial charge < -0.3 is 10.2 Å². The van der Waals surface area contributed by atoms with Crippen LogP contribution in [-0.4, -0.2) is 38.1 Å². The van der Waals surface area contributed by atoms with Gasteiger partial charge in [0.15, 0.2) is 0 Å². The van der Waals surface area contributed by atoms with E-state index in [1.54, 1.807) is 0 Å². The Labute approximate surface area is 77.3 Å². The van der Waals surface area contributed by atoms with E-state index >= 15 is 0 Å². The highest BCUT2D eigenvalue weighted by Crippen LogP contribution is 2.08. The van der Waals surface area contributed by atoms with Gasteiger partial charge in [0, 0.05) is 6.04 Å². The van der Waals surface area contributed by atoms with E-state index in [1.807, 2.05) is 13.8 Å². The van der Waals surface area contributed by atoms with Crippen molar-refractivity contribution in [2.45, 2.75) is 39.2 Å². The number of likely N-dealkylation sites (tertiary alicyclic amines) is 1. The van der Waals surface area contributed by atoms with Crippen molar-refractivity contribution in [3.05, 3.63) is 0 Å². The average molecular weight is 172 g/mol. The maximum atomic E-state index is 3.34. The Bertz CT molecular complexity index is 93.8. The molecule has 1 aliphatic rings. The van der Waals surface area contributed by atoms with Crippen molar-refractivity contribution in [2.75, 3.05) is 27.2 Å². The Kier molecular flexibility index (Phi) is 7.51. The topological polar surface area (TPSA) is 15.3 Å². The van der Waals surface area contributed by atoms with Gasteiger partial charge in [-0.15, -0.1) is 0 Å². The number of nitrogens with zero attached hydrogens (tertiary/aromatic N) is 1. The van der Waals surface area contributed by atoms with E-state index in [-0.39, 0.29) is 0 Å². The molecule has 2 heteroatoms. The third-order valence-electron chi connectivity index (χ3n) is 2.36. The second-order valence-electron chi connectivity index (χ2n) is 3.22. The number of nitrogens with one attached hydrogen (secondary N) is 1. The monoisotopic (exact) mass is 172 g/mol. The van der Waals surface area contributed by atoms with E-state index in [0.717, 1.165) is 6.04 Å². The normalized spacial score (nSPS) is 25.5. The Morgan fingerprint density at radius 2 is 1.83 bits per heavy atom. The molecule has 1 fully saturated rings. The molecule has 0 amide bonds. The lowest BCUT2D eigenvalue weighted by Gasteiger charge is -2.13. The molecule has 0 aromatic heterocycles. The van der Waals surface area contributed by atoms with Gasteiger partial charge >= 0.3 is 0 Å². The Morgan fingerprint density at radius 3 is 2.42 bits per heavy atom. The SMILES string of the molecule is CC.CNC1CCCN(C)CC1. The first-order chi connectivity index (χ1) is 5.83. The van der Waals surface area contributed by atoms with Gasteiger partial charge in [0.25, 0.3) is 0 Å². The fourth-order valence-electron chi connectivity index (χ4n) is 1.53. The predicted octanol–water partition coefficient (Wildman–Crippen LogP) is 1.72. The molecule has 0 aromatic carbocycles. The minimum atomic E-state index is 0.768. The van der Waals surface area contributed by atoms with Gasteiger partial charge in [-0.05, 0) is 46.4 Å². The maximum Gasteiger partial charge on any atom is 0.00767 e. The van der Waals surface area contributed by atoms with Gasteiger partial charge in [0.2, 0.25) is 0 Å². The van der Waals surface area contributed by atoms with Crippen LogP contribution in [0.1, 0.15) is 33.1 Å². The summed E-state index contributed by atoms with van der Waals surface area (Å²) in [6.45, 7) is 6.53. The van der Waals surface area contributed by atoms with Gasteiger partial charge in [-0.2, -0.15) is 0 Å². The highest BCUT2D eigenvalue weighted by atomic mass is 15.1. The molecule has 0 bridgehead atoms. The second kappa shape index (κ2) is 7.56. The maximum absolute atomic E-state index is 3.34. The smallest absolute Gasteiger partial charge is 0.00767 e. The van der Waals surface area contributed by atoms with E-state index in [2.05, 4.69) is 24.3 Å². The summed E-state index contributed by atoms with van der Waals surface area (Å²) in [5.74, 6) is 0. The Balaban J connectivity index is 0.000000561. The largest absolute Gasteiger partial charge is 0.317 e. The summed E-state index contributed by atoms with van der Waals surface area (Å²) in [6.07, 6.45) is 4.01. The molecule has 0 aliphatic carbocycles. The van der Waals surface area contributed by atoms with Gasteiger partial charge in [-0.25, -0.2) is 0 Å². The number of hydrogen-bond acceptors (Lipinski definition) is 2. The molecule has 1 N–H and O–H groups in total. The Hall–Kier alpha value is -0.0800. The van der Waals surface area contributed by atoms with E-state index in [9.17, 15) is 0 Å². The number of rotatable bonds is 1. The molecule has 1 heterocycles. The lowest BCUT2D eigenvalue weighted by Crippen LogP contribution is -2.26. The summed E-state index contributed by atoms with van der Waals surface area (Å²) in [7, 11) is 4.27. The predicted molar refractivity (Wildman–Crippen MR) is 55.5 cm³/mol. The summed E-state index contributed by atoms with van der Waals surface area (Å²) in [5, 5.41) is 3.34. The van der Waals surface area contributed by atoms with Crippen molar-refractivity contribution in [1.29, 1.82) is 0 Å². The lowest BCUT2D eigenvalue weighted by atomic mass is 10.1. The summed E-state index contributed by atoms with van der Waals surface area (Å²) in [6, 6.07) is 0.768. The van der Waals surface area contributed by atoms with Gasteiger partial charge in [0.1, 0.15) is 0 Å². The Morgan fingerprint density at radius 1 is 1.17 bits per heavy atom. The summed E-state index contributed by atoms with van der Waals surface area (Å²) < 4.78 is 0. The van der Waals surface area contributed by atoms with Crippen molar-refractivity contribution in [1.82, 2.24) is 10.2 Å². The molecular formula is C10H24N2. The molecule has 0 radical (unpaired) electrons. The zero-order valence-electron chi connectivity index (χ0n) is 9.06. The quantitative estimate of drug-likeness (QED) is 0.648. The molecule has 1 unspecified atom stereocenters. The summed E-state index contributed by atoms with van der Waals surface area (Å²) >= 11 is 0. The molecule has 1 rings (SSSR count). The lowest BCUT2D eigenvalue weighted by molar-refractivity contribution is 0.345. The molecule has 1 saturated heterocycles. The molecule has 2 nitrogen and oxygen atoms in total. The van der Waals surface area contributed by atoms with Crippen molar-refractivity contribution >= 4 is 0 Å². The fraction of sp³-hybridized carbons (Fsp3) is 1.00. The minimum Gasteiger partial charge on any atom is -0.317 e. The molecule has 1 atom stereocenters. The molecule has 0 aromatic rings. The standard InChI is InChI=1S/C8H18N2.C2H6/c1-9-8-4-3-6-10(2)7-5-8;1-2/h8-9H,3-7H2,1-2H3;1-2H3. The summed E-state index contributed by atoms with van der Waals surface area (Å²) in [4.78, 5) is 2.41. The van der Waals surface area contributed by atoms with Gasteiger partial charge in [-0.1, -0.05) is 13.8 Å². The van der Waals surface area contributed by atoms with Crippen molar-refractivity contribution < 1.29 is 0 Å². The first-order valence-corrected chi connectivity index (χ1v) is 5.18. The molecule has 0 saturated carbocycles. The number of hydrogen-bond donors (Lipinski definition) is 1. The highest BCUT2D eigenvalue weighted by Gasteiger charge is 2.11. The van der Waals surface area contributed by atoms with Crippen LogP contribution in [0.4, 0.5) is 0 Å². The fourth-order valence-corrected chi connectivity index (χ4v) is 1.53. The van der Waals surface area contributed by atoms with Crippen LogP contribution in [-0.2, 0) is 0 Å². The van der Waals surface area contributed by atoms with Crippen LogP contribution in [0.3, 0.4) is 0 Å². The summed E-state index contributed by atoms with van der Waals surface area (Å²) in [5.41, 5.74) is 0. The van der Waals surface area contributed by atoms with Crippen LogP contribution in [0.15, 0.2) is 0 Å². The molecule has 1 aliphatic heterocycles. The first-order valence-electron chi connectivity index (χ1n) is 5.18. The van der Waals surface area contributed by atoms with Gasteiger partial charge in [0.05, 0.1) is 0 Å². The van der Waals surface area contributed by atoms with Crippen LogP contribution in [0, 0.1) is 0 Å². The van der Waals surface area contributed by atoms with Gasteiger partial charge in [-0.3, -0.25) is 0 Å². The molecule has 74 valence electrons. The zero-order chi connectivity index (χ0) is 9.40. The molecular weight excluding hydrogens is 148 g/mol. The minimum absolute atomic E-state index is 0.768. The zero-order valence-corrected chi connectivity index (χ0v) is 9.06. The van der Waals surface area contributed by atoms with E-state index in [0.29, 0.717) is 0 Å². The molecule has 12 heavy (non-hydrogen) atoms. The van der Waals surface area contributed by atoms with Crippen molar-refractivity contribution in [2.24, 2.45) is 0 Å². The van der Waals surface area contributed by atoms with Crippen LogP contribution < -0.4 is 5.32 Å². The van der Waals surface area contributed by atoms with Crippen molar-refractivity contribution in [3.63, 3.8) is 0 Å². The van der Waals surface area contributed by atoms with E-state index in [1.165, 1.54) is 32.4 Å². The van der Waals surface area contributed by atoms with Crippen molar-refractivity contribution in [3.8, 4) is 0 Å². The van der Waals surface area contributed by atoms with Crippen LogP contribution in [0.5, 0.6) is 0 Å². The third-order valence-corrected chi connectivity index (χ3v) is 2.36. The molecule has 0 spiro atoms. The first kappa shape index (κ1) is 11.9. The van der Waals surface area contributed by atoms with Crippen LogP contribution >= 0.6 is 0 Å². The highest BCUT2D eigenvalue weighted by molar-refractivity contribution is 4.71.